The van der Waals surface area contributed by atoms with Crippen molar-refractivity contribution in [3.8, 4) is 11.1 Å². The Hall–Kier alpha value is -2.18. The molecule has 1 aromatic carbocycles. The van der Waals surface area contributed by atoms with Gasteiger partial charge in [0.1, 0.15) is 6.61 Å². The van der Waals surface area contributed by atoms with Gasteiger partial charge in [-0.05, 0) is 46.4 Å². The Kier molecular flexibility index (Phi) is 5.20. The maximum Gasteiger partial charge on any atom is 0.248 e. The van der Waals surface area contributed by atoms with E-state index in [0.717, 1.165) is 11.1 Å². The Balaban J connectivity index is 1.74. The molecule has 1 aromatic heterocycles. The van der Waals surface area contributed by atoms with Gasteiger partial charge in [-0.3, -0.25) is 9.59 Å². The molecule has 5 nitrogen and oxygen atoms in total. The molecule has 2 N–H and O–H groups in total. The smallest absolute Gasteiger partial charge is 0.248 e. The van der Waals surface area contributed by atoms with Crippen molar-refractivity contribution in [1.82, 2.24) is 4.90 Å². The van der Waals surface area contributed by atoms with Crippen molar-refractivity contribution < 1.29 is 14.3 Å². The van der Waals surface area contributed by atoms with Crippen LogP contribution in [0, 0.1) is 5.41 Å². The molecule has 0 saturated carbocycles. The van der Waals surface area contributed by atoms with Crippen LogP contribution in [0.4, 0.5) is 0 Å². The second-order valence-corrected chi connectivity index (χ2v) is 7.31. The van der Waals surface area contributed by atoms with Crippen molar-refractivity contribution in [2.24, 2.45) is 11.1 Å². The predicted octanol–water partition coefficient (Wildman–Crippen LogP) is 2.31. The van der Waals surface area contributed by atoms with Crippen molar-refractivity contribution in [3.05, 3.63) is 46.7 Å². The number of rotatable bonds is 6. The van der Waals surface area contributed by atoms with E-state index in [1.54, 1.807) is 16.2 Å². The summed E-state index contributed by atoms with van der Waals surface area (Å²) in [6.07, 6.45) is 1.13. The number of likely N-dealkylation sites (tertiary alicyclic amines) is 1. The first kappa shape index (κ1) is 17.6. The number of primary amides is 1. The number of hydrogen-bond acceptors (Lipinski definition) is 4. The van der Waals surface area contributed by atoms with Crippen LogP contribution in [0.2, 0.25) is 0 Å². The number of nitrogens with two attached hydrogens (primary N) is 1. The number of methoxy groups -OCH3 is 1. The lowest BCUT2D eigenvalue weighted by Crippen LogP contribution is -2.43. The highest BCUT2D eigenvalue weighted by molar-refractivity contribution is 7.08. The Morgan fingerprint density at radius 1 is 1.24 bits per heavy atom. The third-order valence-electron chi connectivity index (χ3n) is 4.85. The van der Waals surface area contributed by atoms with E-state index in [2.05, 4.69) is 29.0 Å². The number of hydrogen-bond donors (Lipinski definition) is 1. The van der Waals surface area contributed by atoms with Gasteiger partial charge in [0.25, 0.3) is 0 Å². The lowest BCUT2D eigenvalue weighted by molar-refractivity contribution is -0.135. The topological polar surface area (TPSA) is 72.6 Å². The highest BCUT2D eigenvalue weighted by atomic mass is 32.1. The molecular weight excluding hydrogens is 336 g/mol. The van der Waals surface area contributed by atoms with Crippen LogP contribution in [0.1, 0.15) is 12.0 Å². The lowest BCUT2D eigenvalue weighted by Gasteiger charge is -2.26. The fraction of sp³-hybridized carbons (Fsp3) is 0.368. The maximum atomic E-state index is 12.2. The standard InChI is InChI=1S/C19H22N2O3S/c1-24-11-17(22)21-8-7-19(13-21,18(20)23)10-14-2-4-15(5-3-14)16-6-9-25-12-16/h2-6,9,12H,7-8,10-11,13H2,1H3,(H2,20,23)/t19-/m1/s1. The fourth-order valence-corrected chi connectivity index (χ4v) is 4.03. The second kappa shape index (κ2) is 7.37. The summed E-state index contributed by atoms with van der Waals surface area (Å²) in [6.45, 7) is 0.930. The number of carbonyl (C=O) groups is 2. The minimum atomic E-state index is -0.701. The zero-order valence-electron chi connectivity index (χ0n) is 14.2. The highest BCUT2D eigenvalue weighted by Gasteiger charge is 2.44. The van der Waals surface area contributed by atoms with Crippen LogP contribution in [0.3, 0.4) is 0 Å². The number of amides is 2. The molecule has 2 amide bonds. The fourth-order valence-electron chi connectivity index (χ4n) is 3.37. The molecule has 25 heavy (non-hydrogen) atoms. The molecule has 0 bridgehead atoms. The van der Waals surface area contributed by atoms with Gasteiger partial charge in [0.05, 0.1) is 5.41 Å². The van der Waals surface area contributed by atoms with Crippen molar-refractivity contribution in [2.45, 2.75) is 12.8 Å². The van der Waals surface area contributed by atoms with Gasteiger partial charge in [-0.2, -0.15) is 11.3 Å². The summed E-state index contributed by atoms with van der Waals surface area (Å²) in [5.74, 6) is -0.444. The average molecular weight is 358 g/mol. The minimum absolute atomic E-state index is 0.0319. The summed E-state index contributed by atoms with van der Waals surface area (Å²) in [6, 6.07) is 10.3. The predicted molar refractivity (Wildman–Crippen MR) is 98.2 cm³/mol. The summed E-state index contributed by atoms with van der Waals surface area (Å²) in [4.78, 5) is 25.9. The molecular formula is C19H22N2O3S. The molecule has 2 aromatic rings. The van der Waals surface area contributed by atoms with E-state index in [9.17, 15) is 9.59 Å². The van der Waals surface area contributed by atoms with Gasteiger partial charge in [-0.15, -0.1) is 0 Å². The molecule has 132 valence electrons. The molecule has 2 heterocycles. The molecule has 1 fully saturated rings. The molecule has 3 rings (SSSR count). The summed E-state index contributed by atoms with van der Waals surface area (Å²) in [7, 11) is 1.49. The van der Waals surface area contributed by atoms with E-state index < -0.39 is 5.41 Å². The Labute approximate surface area is 151 Å². The Morgan fingerprint density at radius 3 is 2.60 bits per heavy atom. The SMILES string of the molecule is COCC(=O)N1CC[C@](Cc2ccc(-c3ccsc3)cc2)(C(N)=O)C1. The molecule has 0 unspecified atom stereocenters. The van der Waals surface area contributed by atoms with Crippen LogP contribution in [0.15, 0.2) is 41.1 Å². The monoisotopic (exact) mass is 358 g/mol. The van der Waals surface area contributed by atoms with Gasteiger partial charge in [0, 0.05) is 20.2 Å². The first-order chi connectivity index (χ1) is 12.0. The highest BCUT2D eigenvalue weighted by Crippen LogP contribution is 2.35. The normalized spacial score (nSPS) is 20.0. The van der Waals surface area contributed by atoms with E-state index in [1.165, 1.54) is 12.7 Å². The van der Waals surface area contributed by atoms with Gasteiger partial charge in [0.15, 0.2) is 0 Å². The van der Waals surface area contributed by atoms with Crippen molar-refractivity contribution >= 4 is 23.2 Å². The van der Waals surface area contributed by atoms with E-state index in [0.29, 0.717) is 25.9 Å². The van der Waals surface area contributed by atoms with Crippen LogP contribution in [0.25, 0.3) is 11.1 Å². The van der Waals surface area contributed by atoms with Crippen LogP contribution >= 0.6 is 11.3 Å². The molecule has 1 aliphatic heterocycles. The first-order valence-electron chi connectivity index (χ1n) is 8.22. The van der Waals surface area contributed by atoms with Crippen LogP contribution in [-0.2, 0) is 20.7 Å². The number of nitrogens with zero attached hydrogens (tertiary/aromatic N) is 1. The van der Waals surface area contributed by atoms with Crippen LogP contribution in [-0.4, -0.2) is 43.5 Å². The van der Waals surface area contributed by atoms with Gasteiger partial charge in [0.2, 0.25) is 11.8 Å². The van der Waals surface area contributed by atoms with E-state index in [4.69, 9.17) is 10.5 Å². The summed E-state index contributed by atoms with van der Waals surface area (Å²) >= 11 is 1.67. The van der Waals surface area contributed by atoms with Gasteiger partial charge < -0.3 is 15.4 Å². The third kappa shape index (κ3) is 3.75. The number of benzene rings is 1. The van der Waals surface area contributed by atoms with E-state index in [-0.39, 0.29) is 18.4 Å². The number of carbonyl (C=O) groups excluding carboxylic acids is 2. The van der Waals surface area contributed by atoms with Gasteiger partial charge >= 0.3 is 0 Å². The Morgan fingerprint density at radius 2 is 2.00 bits per heavy atom. The van der Waals surface area contributed by atoms with Crippen LogP contribution < -0.4 is 5.73 Å². The molecule has 1 atom stereocenters. The zero-order valence-corrected chi connectivity index (χ0v) is 15.1. The molecule has 6 heteroatoms. The molecule has 0 radical (unpaired) electrons. The number of ether oxygens (including phenoxy) is 1. The number of thiophene rings is 1. The Bertz CT molecular complexity index is 743. The van der Waals surface area contributed by atoms with Crippen molar-refractivity contribution in [2.75, 3.05) is 26.8 Å². The van der Waals surface area contributed by atoms with E-state index in [1.807, 2.05) is 12.1 Å². The first-order valence-corrected chi connectivity index (χ1v) is 9.16. The third-order valence-corrected chi connectivity index (χ3v) is 5.53. The van der Waals surface area contributed by atoms with E-state index >= 15 is 0 Å². The molecule has 0 spiro atoms. The zero-order chi connectivity index (χ0) is 17.9. The second-order valence-electron chi connectivity index (χ2n) is 6.53. The van der Waals surface area contributed by atoms with Crippen LogP contribution in [0.5, 0.6) is 0 Å². The molecule has 1 saturated heterocycles. The van der Waals surface area contributed by atoms with Crippen molar-refractivity contribution in [3.63, 3.8) is 0 Å². The quantitative estimate of drug-likeness (QED) is 0.861. The minimum Gasteiger partial charge on any atom is -0.375 e. The summed E-state index contributed by atoms with van der Waals surface area (Å²) < 4.78 is 4.90. The summed E-state index contributed by atoms with van der Waals surface area (Å²) in [5.41, 5.74) is 8.42. The largest absolute Gasteiger partial charge is 0.375 e. The average Bonchev–Trinajstić information content (AvgIpc) is 3.26. The van der Waals surface area contributed by atoms with Gasteiger partial charge in [-0.25, -0.2) is 0 Å². The molecule has 0 aliphatic carbocycles. The van der Waals surface area contributed by atoms with Gasteiger partial charge in [-0.1, -0.05) is 24.3 Å². The summed E-state index contributed by atoms with van der Waals surface area (Å²) in [5, 5.41) is 4.16. The molecule has 1 aliphatic rings. The maximum absolute atomic E-state index is 12.2. The van der Waals surface area contributed by atoms with Crippen molar-refractivity contribution in [1.29, 1.82) is 0 Å². The lowest BCUT2D eigenvalue weighted by atomic mass is 9.80.